The van der Waals surface area contributed by atoms with Crippen LogP contribution in [0.5, 0.6) is 0 Å². The first-order chi connectivity index (χ1) is 9.83. The van der Waals surface area contributed by atoms with Crippen LogP contribution in [0.4, 0.5) is 0 Å². The lowest BCUT2D eigenvalue weighted by molar-refractivity contribution is -0.230. The Bertz CT molecular complexity index is 304. The quantitative estimate of drug-likeness (QED) is 0.263. The predicted octanol–water partition coefficient (Wildman–Crippen LogP) is -2.93. The van der Waals surface area contributed by atoms with Gasteiger partial charge in [0, 0.05) is 6.04 Å². The van der Waals surface area contributed by atoms with Crippen molar-refractivity contribution in [3.05, 3.63) is 0 Å². The molecule has 0 aliphatic carbocycles. The molecule has 1 aliphatic heterocycles. The first-order valence-electron chi connectivity index (χ1n) is 7.25. The van der Waals surface area contributed by atoms with Crippen LogP contribution in [0.25, 0.3) is 0 Å². The summed E-state index contributed by atoms with van der Waals surface area (Å²) in [7, 11) is 0. The summed E-state index contributed by atoms with van der Waals surface area (Å²) < 4.78 is 5.34. The molecule has 1 fully saturated rings. The Morgan fingerprint density at radius 1 is 1.05 bits per heavy atom. The molecule has 0 aromatic carbocycles. The molecule has 0 radical (unpaired) electrons. The van der Waals surface area contributed by atoms with Gasteiger partial charge in [-0.25, -0.2) is 0 Å². The molecule has 8 atom stereocenters. The normalized spacial score (nSPS) is 38.0. The van der Waals surface area contributed by atoms with Crippen LogP contribution in [0.3, 0.4) is 0 Å². The summed E-state index contributed by atoms with van der Waals surface area (Å²) in [6, 6.07) is -0.702. The van der Waals surface area contributed by atoms with Crippen molar-refractivity contribution >= 4 is 0 Å². The van der Waals surface area contributed by atoms with Crippen molar-refractivity contribution in [2.75, 3.05) is 6.61 Å². The van der Waals surface area contributed by atoms with E-state index < -0.39 is 55.4 Å². The second-order valence-corrected chi connectivity index (χ2v) is 5.57. The lowest BCUT2D eigenvalue weighted by Gasteiger charge is -2.40. The standard InChI is InChI=1S/C13H27NO7/c1-2-7(16)10(17)6(14)3-4-8-11(18)13(20)12(19)9(5-15)21-8/h6-13,15-20H,2-5,14H2,1H3/t6-,7+,8-,9?,10-,11?,12-,13?/m0/s1. The lowest BCUT2D eigenvalue weighted by atomic mass is 9.90. The maximum absolute atomic E-state index is 9.86. The van der Waals surface area contributed by atoms with Gasteiger partial charge in [0.2, 0.25) is 0 Å². The fraction of sp³-hybridized carbons (Fsp3) is 1.00. The Kier molecular flexibility index (Phi) is 7.45. The molecule has 8 heteroatoms. The van der Waals surface area contributed by atoms with E-state index in [9.17, 15) is 25.5 Å². The highest BCUT2D eigenvalue weighted by Crippen LogP contribution is 2.24. The van der Waals surface area contributed by atoms with Gasteiger partial charge in [-0.2, -0.15) is 0 Å². The van der Waals surface area contributed by atoms with E-state index in [1.807, 2.05) is 0 Å². The van der Waals surface area contributed by atoms with Gasteiger partial charge in [0.05, 0.1) is 24.9 Å². The third-order valence-corrected chi connectivity index (χ3v) is 4.03. The first-order valence-corrected chi connectivity index (χ1v) is 7.25. The highest BCUT2D eigenvalue weighted by molar-refractivity contribution is 4.92. The molecule has 1 heterocycles. The molecule has 0 spiro atoms. The summed E-state index contributed by atoms with van der Waals surface area (Å²) in [5, 5.41) is 57.5. The number of rotatable bonds is 7. The van der Waals surface area contributed by atoms with Gasteiger partial charge in [-0.05, 0) is 19.3 Å². The van der Waals surface area contributed by atoms with Gasteiger partial charge in [0.25, 0.3) is 0 Å². The highest BCUT2D eigenvalue weighted by Gasteiger charge is 2.43. The topological polar surface area (TPSA) is 157 Å². The third kappa shape index (κ3) is 4.57. The van der Waals surface area contributed by atoms with E-state index in [0.29, 0.717) is 6.42 Å². The van der Waals surface area contributed by atoms with Gasteiger partial charge >= 0.3 is 0 Å². The zero-order valence-electron chi connectivity index (χ0n) is 12.1. The summed E-state index contributed by atoms with van der Waals surface area (Å²) in [5.41, 5.74) is 5.78. The molecule has 1 aliphatic rings. The van der Waals surface area contributed by atoms with E-state index in [4.69, 9.17) is 15.6 Å². The minimum atomic E-state index is -1.41. The zero-order chi connectivity index (χ0) is 16.2. The summed E-state index contributed by atoms with van der Waals surface area (Å²) in [6.07, 6.45) is -7.02. The fourth-order valence-electron chi connectivity index (χ4n) is 2.47. The molecule has 21 heavy (non-hydrogen) atoms. The Labute approximate surface area is 123 Å². The van der Waals surface area contributed by atoms with E-state index in [1.165, 1.54) is 0 Å². The maximum atomic E-state index is 9.86. The van der Waals surface area contributed by atoms with Crippen LogP contribution in [0.1, 0.15) is 26.2 Å². The Hall–Kier alpha value is -0.320. The minimum Gasteiger partial charge on any atom is -0.394 e. The monoisotopic (exact) mass is 309 g/mol. The van der Waals surface area contributed by atoms with Crippen molar-refractivity contribution in [2.45, 2.75) is 75.0 Å². The molecular weight excluding hydrogens is 282 g/mol. The number of hydrogen-bond donors (Lipinski definition) is 7. The van der Waals surface area contributed by atoms with Gasteiger partial charge in [-0.15, -0.1) is 0 Å². The van der Waals surface area contributed by atoms with Crippen molar-refractivity contribution in [1.29, 1.82) is 0 Å². The van der Waals surface area contributed by atoms with Crippen LogP contribution in [-0.2, 0) is 4.74 Å². The number of hydrogen-bond acceptors (Lipinski definition) is 8. The molecule has 0 amide bonds. The van der Waals surface area contributed by atoms with E-state index in [0.717, 1.165) is 0 Å². The number of nitrogens with two attached hydrogens (primary N) is 1. The van der Waals surface area contributed by atoms with E-state index >= 15 is 0 Å². The molecule has 3 unspecified atom stereocenters. The van der Waals surface area contributed by atoms with Crippen molar-refractivity contribution in [1.82, 2.24) is 0 Å². The van der Waals surface area contributed by atoms with E-state index in [1.54, 1.807) is 6.92 Å². The third-order valence-electron chi connectivity index (χ3n) is 4.03. The van der Waals surface area contributed by atoms with Gasteiger partial charge in [-0.3, -0.25) is 0 Å². The molecule has 0 saturated carbocycles. The van der Waals surface area contributed by atoms with Crippen molar-refractivity contribution in [3.63, 3.8) is 0 Å². The molecule has 126 valence electrons. The van der Waals surface area contributed by atoms with Crippen LogP contribution >= 0.6 is 0 Å². The second kappa shape index (κ2) is 8.35. The fourth-order valence-corrected chi connectivity index (χ4v) is 2.47. The smallest absolute Gasteiger partial charge is 0.111 e. The molecule has 1 saturated heterocycles. The second-order valence-electron chi connectivity index (χ2n) is 5.57. The van der Waals surface area contributed by atoms with Crippen LogP contribution < -0.4 is 5.73 Å². The van der Waals surface area contributed by atoms with Crippen molar-refractivity contribution in [3.8, 4) is 0 Å². The largest absolute Gasteiger partial charge is 0.394 e. The number of aliphatic hydroxyl groups is 6. The van der Waals surface area contributed by atoms with Gasteiger partial charge in [0.15, 0.2) is 0 Å². The van der Waals surface area contributed by atoms with Gasteiger partial charge in [0.1, 0.15) is 24.4 Å². The van der Waals surface area contributed by atoms with Gasteiger partial charge in [-0.1, -0.05) is 6.92 Å². The minimum absolute atomic E-state index is 0.218. The van der Waals surface area contributed by atoms with Crippen molar-refractivity contribution in [2.24, 2.45) is 5.73 Å². The highest BCUT2D eigenvalue weighted by atomic mass is 16.5. The Balaban J connectivity index is 2.53. The number of aliphatic hydroxyl groups excluding tert-OH is 6. The zero-order valence-corrected chi connectivity index (χ0v) is 12.1. The number of ether oxygens (including phenoxy) is 1. The molecule has 8 nitrogen and oxygen atoms in total. The van der Waals surface area contributed by atoms with Gasteiger partial charge < -0.3 is 41.1 Å². The van der Waals surface area contributed by atoms with E-state index in [-0.39, 0.29) is 12.8 Å². The Morgan fingerprint density at radius 2 is 1.62 bits per heavy atom. The van der Waals surface area contributed by atoms with Crippen LogP contribution in [0.15, 0.2) is 0 Å². The van der Waals surface area contributed by atoms with E-state index in [2.05, 4.69) is 0 Å². The maximum Gasteiger partial charge on any atom is 0.111 e. The average Bonchev–Trinajstić information content (AvgIpc) is 2.50. The average molecular weight is 309 g/mol. The molecule has 0 bridgehead atoms. The molecule has 0 aromatic heterocycles. The summed E-state index contributed by atoms with van der Waals surface area (Å²) in [6.45, 7) is 1.24. The summed E-state index contributed by atoms with van der Waals surface area (Å²) >= 11 is 0. The molecule has 8 N–H and O–H groups in total. The molecule has 0 aromatic rings. The summed E-state index contributed by atoms with van der Waals surface area (Å²) in [5.74, 6) is 0. The van der Waals surface area contributed by atoms with Crippen LogP contribution in [0.2, 0.25) is 0 Å². The van der Waals surface area contributed by atoms with Crippen LogP contribution in [0, 0.1) is 0 Å². The SMILES string of the molecule is CC[C@@H](O)[C@@H](O)[C@@H](N)CC[C@@H]1OC(CO)[C@H](O)C(O)C1O. The lowest BCUT2D eigenvalue weighted by Crippen LogP contribution is -2.58. The predicted molar refractivity (Wildman–Crippen MR) is 73.3 cm³/mol. The molecule has 1 rings (SSSR count). The summed E-state index contributed by atoms with van der Waals surface area (Å²) in [4.78, 5) is 0. The van der Waals surface area contributed by atoms with Crippen molar-refractivity contribution < 1.29 is 35.4 Å². The molecular formula is C13H27NO7. The Morgan fingerprint density at radius 3 is 2.14 bits per heavy atom. The van der Waals surface area contributed by atoms with Crippen LogP contribution in [-0.4, -0.2) is 86.0 Å². The first kappa shape index (κ1) is 18.7.